The summed E-state index contributed by atoms with van der Waals surface area (Å²) in [6.45, 7) is 0. The first-order chi connectivity index (χ1) is 13.2. The highest BCUT2D eigenvalue weighted by Gasteiger charge is 2.27. The summed E-state index contributed by atoms with van der Waals surface area (Å²) in [7, 11) is 3.27. The third-order valence-electron chi connectivity index (χ3n) is 5.57. The minimum absolute atomic E-state index is 0.161. The number of fused-ring (bicyclic) bond motifs is 1. The van der Waals surface area contributed by atoms with Gasteiger partial charge in [-0.05, 0) is 54.0 Å². The van der Waals surface area contributed by atoms with E-state index in [1.807, 2.05) is 18.2 Å². The lowest BCUT2D eigenvalue weighted by Crippen LogP contribution is -2.32. The molecule has 27 heavy (non-hydrogen) atoms. The summed E-state index contributed by atoms with van der Waals surface area (Å²) in [6.07, 6.45) is 5.20. The maximum atomic E-state index is 12.4. The van der Waals surface area contributed by atoms with Crippen LogP contribution in [-0.2, 0) is 17.6 Å². The third-order valence-corrected chi connectivity index (χ3v) is 5.57. The van der Waals surface area contributed by atoms with Gasteiger partial charge in [0.1, 0.15) is 0 Å². The summed E-state index contributed by atoms with van der Waals surface area (Å²) in [6, 6.07) is 14.9. The number of hydrogen-bond acceptors (Lipinski definition) is 4. The normalized spacial score (nSPS) is 19.4. The summed E-state index contributed by atoms with van der Waals surface area (Å²) in [5.41, 5.74) is 4.98. The molecule has 0 aromatic heterocycles. The highest BCUT2D eigenvalue weighted by atomic mass is 16.5. The second kappa shape index (κ2) is 7.47. The summed E-state index contributed by atoms with van der Waals surface area (Å²) in [5.74, 6) is 1.76. The van der Waals surface area contributed by atoms with Crippen molar-refractivity contribution < 1.29 is 14.3 Å². The molecular weight excluding hydrogens is 338 g/mol. The zero-order chi connectivity index (χ0) is 18.8. The van der Waals surface area contributed by atoms with Gasteiger partial charge in [-0.25, -0.2) is 0 Å². The lowest BCUT2D eigenvalue weighted by atomic mass is 9.85. The van der Waals surface area contributed by atoms with Gasteiger partial charge in [0.25, 0.3) is 0 Å². The highest BCUT2D eigenvalue weighted by Crippen LogP contribution is 2.36. The van der Waals surface area contributed by atoms with E-state index in [-0.39, 0.29) is 11.7 Å². The Bertz CT molecular complexity index is 862. The number of rotatable bonds is 5. The molecule has 0 radical (unpaired) electrons. The van der Waals surface area contributed by atoms with E-state index in [0.29, 0.717) is 24.0 Å². The van der Waals surface area contributed by atoms with Crippen molar-refractivity contribution in [2.24, 2.45) is 0 Å². The molecule has 4 heteroatoms. The number of ketones is 1. The number of benzene rings is 2. The first-order valence-electron chi connectivity index (χ1n) is 9.45. The molecule has 140 valence electrons. The Balaban J connectivity index is 1.48. The molecule has 0 heterocycles. The number of methoxy groups -OCH3 is 2. The van der Waals surface area contributed by atoms with Crippen LogP contribution in [0.4, 0.5) is 0 Å². The van der Waals surface area contributed by atoms with Gasteiger partial charge >= 0.3 is 0 Å². The molecule has 2 aromatic rings. The second-order valence-electron chi connectivity index (χ2n) is 7.37. The standard InChI is InChI=1S/C23H25NO3/c1-26-22-8-7-17(13-23(22)27-2)18-11-20(14-21(25)12-18)24-19-9-15-5-3-4-6-16(15)10-19/h3-8,13-14,18-19,24H,9-12H2,1-2H3. The zero-order valence-corrected chi connectivity index (χ0v) is 15.8. The predicted molar refractivity (Wildman–Crippen MR) is 105 cm³/mol. The van der Waals surface area contributed by atoms with E-state index in [9.17, 15) is 4.79 Å². The Kier molecular flexibility index (Phi) is 4.88. The average Bonchev–Trinajstić information content (AvgIpc) is 3.09. The Hall–Kier alpha value is -2.75. The first-order valence-corrected chi connectivity index (χ1v) is 9.45. The van der Waals surface area contributed by atoms with E-state index in [1.165, 1.54) is 11.1 Å². The Morgan fingerprint density at radius 3 is 2.26 bits per heavy atom. The number of ether oxygens (including phenoxy) is 2. The maximum absolute atomic E-state index is 12.4. The lowest BCUT2D eigenvalue weighted by Gasteiger charge is -2.26. The Morgan fingerprint density at radius 1 is 0.889 bits per heavy atom. The monoisotopic (exact) mass is 363 g/mol. The highest BCUT2D eigenvalue weighted by molar-refractivity contribution is 5.92. The van der Waals surface area contributed by atoms with Crippen LogP contribution in [0, 0.1) is 0 Å². The Labute approximate surface area is 160 Å². The fourth-order valence-electron chi connectivity index (χ4n) is 4.26. The average molecular weight is 363 g/mol. The van der Waals surface area contributed by atoms with E-state index in [2.05, 4.69) is 29.6 Å². The largest absolute Gasteiger partial charge is 0.493 e. The van der Waals surface area contributed by atoms with Gasteiger partial charge in [-0.2, -0.15) is 0 Å². The van der Waals surface area contributed by atoms with E-state index in [4.69, 9.17) is 9.47 Å². The fraction of sp³-hybridized carbons (Fsp3) is 0.348. The Morgan fingerprint density at radius 2 is 1.59 bits per heavy atom. The summed E-state index contributed by atoms with van der Waals surface area (Å²) >= 11 is 0. The SMILES string of the molecule is COc1ccc(C2CC(=O)C=C(NC3Cc4ccccc4C3)C2)cc1OC. The van der Waals surface area contributed by atoms with E-state index in [1.54, 1.807) is 20.3 Å². The zero-order valence-electron chi connectivity index (χ0n) is 15.8. The molecule has 0 saturated heterocycles. The van der Waals surface area contributed by atoms with Crippen LogP contribution < -0.4 is 14.8 Å². The predicted octanol–water partition coefficient (Wildman–Crippen LogP) is 3.79. The van der Waals surface area contributed by atoms with Gasteiger partial charge < -0.3 is 14.8 Å². The smallest absolute Gasteiger partial charge is 0.160 e. The molecular formula is C23H25NO3. The molecule has 0 amide bonds. The van der Waals surface area contributed by atoms with Crippen LogP contribution in [-0.4, -0.2) is 26.0 Å². The van der Waals surface area contributed by atoms with Crippen molar-refractivity contribution in [1.29, 1.82) is 0 Å². The lowest BCUT2D eigenvalue weighted by molar-refractivity contribution is -0.115. The molecule has 2 aromatic carbocycles. The molecule has 2 aliphatic carbocycles. The second-order valence-corrected chi connectivity index (χ2v) is 7.37. The van der Waals surface area contributed by atoms with Crippen LogP contribution >= 0.6 is 0 Å². The molecule has 4 nitrogen and oxygen atoms in total. The van der Waals surface area contributed by atoms with Crippen LogP contribution in [0.15, 0.2) is 54.2 Å². The van der Waals surface area contributed by atoms with Crippen LogP contribution in [0.3, 0.4) is 0 Å². The quantitative estimate of drug-likeness (QED) is 0.878. The molecule has 0 fully saturated rings. The first kappa shape index (κ1) is 17.7. The summed E-state index contributed by atoms with van der Waals surface area (Å²) in [5, 5.41) is 3.63. The van der Waals surface area contributed by atoms with E-state index >= 15 is 0 Å². The van der Waals surface area contributed by atoms with Crippen molar-refractivity contribution in [3.8, 4) is 11.5 Å². The third kappa shape index (κ3) is 3.70. The number of allylic oxidation sites excluding steroid dienone is 2. The number of hydrogen-bond donors (Lipinski definition) is 1. The van der Waals surface area contributed by atoms with Crippen molar-refractivity contribution in [1.82, 2.24) is 5.32 Å². The van der Waals surface area contributed by atoms with Crippen molar-refractivity contribution in [3.05, 3.63) is 70.9 Å². The minimum Gasteiger partial charge on any atom is -0.493 e. The fourth-order valence-corrected chi connectivity index (χ4v) is 4.26. The molecule has 2 aliphatic rings. The molecule has 0 bridgehead atoms. The topological polar surface area (TPSA) is 47.6 Å². The van der Waals surface area contributed by atoms with Crippen LogP contribution in [0.2, 0.25) is 0 Å². The summed E-state index contributed by atoms with van der Waals surface area (Å²) < 4.78 is 10.7. The van der Waals surface area contributed by atoms with Gasteiger partial charge in [0.15, 0.2) is 17.3 Å². The van der Waals surface area contributed by atoms with Crippen molar-refractivity contribution in [2.75, 3.05) is 14.2 Å². The van der Waals surface area contributed by atoms with E-state index < -0.39 is 0 Å². The van der Waals surface area contributed by atoms with Crippen LogP contribution in [0.25, 0.3) is 0 Å². The molecule has 0 saturated carbocycles. The van der Waals surface area contributed by atoms with Gasteiger partial charge in [-0.15, -0.1) is 0 Å². The van der Waals surface area contributed by atoms with E-state index in [0.717, 1.165) is 30.5 Å². The van der Waals surface area contributed by atoms with Crippen LogP contribution in [0.1, 0.15) is 35.4 Å². The molecule has 1 atom stereocenters. The van der Waals surface area contributed by atoms with Crippen LogP contribution in [0.5, 0.6) is 11.5 Å². The molecule has 1 N–H and O–H groups in total. The number of carbonyl (C=O) groups excluding carboxylic acids is 1. The number of carbonyl (C=O) groups is 1. The minimum atomic E-state index is 0.161. The molecule has 1 unspecified atom stereocenters. The van der Waals surface area contributed by atoms with Crippen molar-refractivity contribution >= 4 is 5.78 Å². The van der Waals surface area contributed by atoms with Crippen molar-refractivity contribution in [2.45, 2.75) is 37.6 Å². The number of nitrogens with one attached hydrogen (secondary N) is 1. The van der Waals surface area contributed by atoms with Gasteiger partial charge in [-0.3, -0.25) is 4.79 Å². The van der Waals surface area contributed by atoms with Gasteiger partial charge in [0.05, 0.1) is 14.2 Å². The van der Waals surface area contributed by atoms with Crippen molar-refractivity contribution in [3.63, 3.8) is 0 Å². The molecule has 4 rings (SSSR count). The van der Waals surface area contributed by atoms with Gasteiger partial charge in [0.2, 0.25) is 0 Å². The molecule has 0 aliphatic heterocycles. The molecule has 0 spiro atoms. The summed E-state index contributed by atoms with van der Waals surface area (Å²) in [4.78, 5) is 12.4. The van der Waals surface area contributed by atoms with Gasteiger partial charge in [-0.1, -0.05) is 30.3 Å². The maximum Gasteiger partial charge on any atom is 0.160 e. The van der Waals surface area contributed by atoms with Gasteiger partial charge in [0, 0.05) is 24.2 Å².